The van der Waals surface area contributed by atoms with Crippen molar-refractivity contribution in [2.24, 2.45) is 0 Å². The standard InChI is InChI=1S/C16H14N4O3/c1-10-7-13(18-22-10)16(21)20-8-12(9-20)15-17-14(19-23-15)11-5-3-2-4-6-11/h2-7,12H,8-9H2,1H3. The highest BCUT2D eigenvalue weighted by atomic mass is 16.5. The smallest absolute Gasteiger partial charge is 0.276 e. The van der Waals surface area contributed by atoms with Crippen LogP contribution in [0, 0.1) is 6.92 Å². The van der Waals surface area contributed by atoms with Crippen LogP contribution in [0.4, 0.5) is 0 Å². The van der Waals surface area contributed by atoms with Crippen LogP contribution in [-0.2, 0) is 0 Å². The molecule has 7 heteroatoms. The molecule has 3 heterocycles. The van der Waals surface area contributed by atoms with Gasteiger partial charge in [-0.2, -0.15) is 4.98 Å². The Morgan fingerprint density at radius 2 is 1.96 bits per heavy atom. The van der Waals surface area contributed by atoms with Crippen LogP contribution < -0.4 is 0 Å². The zero-order valence-electron chi connectivity index (χ0n) is 12.5. The Kier molecular flexibility index (Phi) is 3.18. The summed E-state index contributed by atoms with van der Waals surface area (Å²) in [5, 5.41) is 7.75. The Morgan fingerprint density at radius 3 is 2.65 bits per heavy atom. The van der Waals surface area contributed by atoms with E-state index in [0.29, 0.717) is 36.3 Å². The number of carbonyl (C=O) groups excluding carboxylic acids is 1. The summed E-state index contributed by atoms with van der Waals surface area (Å²) in [5.74, 6) is 1.68. The predicted octanol–water partition coefficient (Wildman–Crippen LogP) is 2.27. The van der Waals surface area contributed by atoms with Gasteiger partial charge in [0.25, 0.3) is 5.91 Å². The van der Waals surface area contributed by atoms with E-state index in [2.05, 4.69) is 15.3 Å². The first-order valence-electron chi connectivity index (χ1n) is 7.32. The van der Waals surface area contributed by atoms with Crippen molar-refractivity contribution in [1.82, 2.24) is 20.2 Å². The van der Waals surface area contributed by atoms with Gasteiger partial charge in [-0.15, -0.1) is 0 Å². The molecule has 1 aliphatic heterocycles. The molecule has 1 fully saturated rings. The van der Waals surface area contributed by atoms with Crippen LogP contribution in [-0.4, -0.2) is 39.2 Å². The number of amides is 1. The fourth-order valence-electron chi connectivity index (χ4n) is 2.54. The van der Waals surface area contributed by atoms with Gasteiger partial charge in [-0.3, -0.25) is 4.79 Å². The number of hydrogen-bond acceptors (Lipinski definition) is 6. The average Bonchev–Trinajstić information content (AvgIpc) is 3.16. The van der Waals surface area contributed by atoms with Gasteiger partial charge >= 0.3 is 0 Å². The third-order valence-corrected chi connectivity index (χ3v) is 3.84. The number of aryl methyl sites for hydroxylation is 1. The Bertz CT molecular complexity index is 834. The van der Waals surface area contributed by atoms with Gasteiger partial charge in [0, 0.05) is 24.7 Å². The van der Waals surface area contributed by atoms with Crippen LogP contribution in [0.2, 0.25) is 0 Å². The van der Waals surface area contributed by atoms with Crippen molar-refractivity contribution in [3.8, 4) is 11.4 Å². The minimum atomic E-state index is -0.138. The normalized spacial score (nSPS) is 14.7. The monoisotopic (exact) mass is 310 g/mol. The summed E-state index contributed by atoms with van der Waals surface area (Å²) in [7, 11) is 0. The number of hydrogen-bond donors (Lipinski definition) is 0. The fraction of sp³-hybridized carbons (Fsp3) is 0.250. The third kappa shape index (κ3) is 2.50. The van der Waals surface area contributed by atoms with Crippen LogP contribution in [0.15, 0.2) is 45.4 Å². The first-order chi connectivity index (χ1) is 11.2. The van der Waals surface area contributed by atoms with Crippen molar-refractivity contribution in [2.45, 2.75) is 12.8 Å². The molecule has 7 nitrogen and oxygen atoms in total. The maximum absolute atomic E-state index is 12.2. The molecule has 0 radical (unpaired) electrons. The number of rotatable bonds is 3. The topological polar surface area (TPSA) is 85.3 Å². The maximum Gasteiger partial charge on any atom is 0.276 e. The summed E-state index contributed by atoms with van der Waals surface area (Å²) < 4.78 is 10.3. The molecule has 1 aliphatic rings. The highest BCUT2D eigenvalue weighted by molar-refractivity contribution is 5.92. The molecule has 1 saturated heterocycles. The quantitative estimate of drug-likeness (QED) is 0.737. The number of carbonyl (C=O) groups is 1. The molecule has 0 N–H and O–H groups in total. The average molecular weight is 310 g/mol. The van der Waals surface area contributed by atoms with Crippen LogP contribution in [0.25, 0.3) is 11.4 Å². The van der Waals surface area contributed by atoms with Gasteiger partial charge in [0.15, 0.2) is 5.69 Å². The Labute approximate surface area is 131 Å². The van der Waals surface area contributed by atoms with E-state index in [1.807, 2.05) is 30.3 Å². The minimum Gasteiger partial charge on any atom is -0.361 e. The summed E-state index contributed by atoms with van der Waals surface area (Å²) in [6.45, 7) is 2.84. The van der Waals surface area contributed by atoms with E-state index in [9.17, 15) is 4.79 Å². The maximum atomic E-state index is 12.2. The largest absolute Gasteiger partial charge is 0.361 e. The third-order valence-electron chi connectivity index (χ3n) is 3.84. The molecule has 0 aliphatic carbocycles. The molecule has 0 saturated carbocycles. The van der Waals surface area contributed by atoms with E-state index in [0.717, 1.165) is 5.56 Å². The van der Waals surface area contributed by atoms with E-state index >= 15 is 0 Å². The highest BCUT2D eigenvalue weighted by Crippen LogP contribution is 2.28. The van der Waals surface area contributed by atoms with Gasteiger partial charge in [-0.05, 0) is 6.92 Å². The molecule has 116 valence electrons. The van der Waals surface area contributed by atoms with Crippen LogP contribution in [0.1, 0.15) is 28.1 Å². The molecule has 3 aromatic rings. The van der Waals surface area contributed by atoms with Crippen molar-refractivity contribution in [3.05, 3.63) is 53.7 Å². The summed E-state index contributed by atoms with van der Waals surface area (Å²) in [6.07, 6.45) is 0. The first-order valence-corrected chi connectivity index (χ1v) is 7.32. The Balaban J connectivity index is 1.42. The molecule has 0 bridgehead atoms. The second kappa shape index (κ2) is 5.35. The molecule has 0 atom stereocenters. The van der Waals surface area contributed by atoms with Gasteiger partial charge in [0.2, 0.25) is 11.7 Å². The lowest BCUT2D eigenvalue weighted by Crippen LogP contribution is -2.48. The van der Waals surface area contributed by atoms with E-state index in [1.54, 1.807) is 17.9 Å². The molecule has 4 rings (SSSR count). The van der Waals surface area contributed by atoms with Gasteiger partial charge in [-0.1, -0.05) is 40.6 Å². The summed E-state index contributed by atoms with van der Waals surface area (Å²) >= 11 is 0. The van der Waals surface area contributed by atoms with Crippen molar-refractivity contribution in [1.29, 1.82) is 0 Å². The number of aromatic nitrogens is 3. The first kappa shape index (κ1) is 13.7. The van der Waals surface area contributed by atoms with Gasteiger partial charge < -0.3 is 13.9 Å². The molecule has 0 spiro atoms. The van der Waals surface area contributed by atoms with E-state index in [4.69, 9.17) is 9.05 Å². The lowest BCUT2D eigenvalue weighted by atomic mass is 9.99. The minimum absolute atomic E-state index is 0.0666. The number of benzene rings is 1. The summed E-state index contributed by atoms with van der Waals surface area (Å²) in [5.41, 5.74) is 1.24. The second-order valence-corrected chi connectivity index (χ2v) is 5.55. The molecule has 1 aromatic carbocycles. The van der Waals surface area contributed by atoms with Crippen LogP contribution >= 0.6 is 0 Å². The number of nitrogens with zero attached hydrogens (tertiary/aromatic N) is 4. The molecule has 1 amide bonds. The zero-order valence-corrected chi connectivity index (χ0v) is 12.5. The molecular formula is C16H14N4O3. The Morgan fingerprint density at radius 1 is 1.17 bits per heavy atom. The predicted molar refractivity (Wildman–Crippen MR) is 79.6 cm³/mol. The Hall–Kier alpha value is -2.96. The lowest BCUT2D eigenvalue weighted by Gasteiger charge is -2.36. The molecule has 2 aromatic heterocycles. The van der Waals surface area contributed by atoms with Gasteiger partial charge in [-0.25, -0.2) is 0 Å². The highest BCUT2D eigenvalue weighted by Gasteiger charge is 2.37. The van der Waals surface area contributed by atoms with Gasteiger partial charge in [0.1, 0.15) is 5.76 Å². The molecule has 0 unspecified atom stereocenters. The van der Waals surface area contributed by atoms with Crippen LogP contribution in [0.3, 0.4) is 0 Å². The van der Waals surface area contributed by atoms with Crippen molar-refractivity contribution < 1.29 is 13.8 Å². The van der Waals surface area contributed by atoms with Crippen molar-refractivity contribution in [3.63, 3.8) is 0 Å². The number of likely N-dealkylation sites (tertiary alicyclic amines) is 1. The SMILES string of the molecule is Cc1cc(C(=O)N2CC(c3nc(-c4ccccc4)no3)C2)no1. The fourth-order valence-corrected chi connectivity index (χ4v) is 2.54. The van der Waals surface area contributed by atoms with Crippen molar-refractivity contribution in [2.75, 3.05) is 13.1 Å². The molecular weight excluding hydrogens is 296 g/mol. The van der Waals surface area contributed by atoms with Crippen molar-refractivity contribution >= 4 is 5.91 Å². The summed E-state index contributed by atoms with van der Waals surface area (Å²) in [4.78, 5) is 18.3. The summed E-state index contributed by atoms with van der Waals surface area (Å²) in [6, 6.07) is 11.3. The van der Waals surface area contributed by atoms with Crippen LogP contribution in [0.5, 0.6) is 0 Å². The van der Waals surface area contributed by atoms with E-state index in [-0.39, 0.29) is 11.8 Å². The van der Waals surface area contributed by atoms with E-state index in [1.165, 1.54) is 0 Å². The second-order valence-electron chi connectivity index (χ2n) is 5.55. The lowest BCUT2D eigenvalue weighted by molar-refractivity contribution is 0.0558. The van der Waals surface area contributed by atoms with Gasteiger partial charge in [0.05, 0.1) is 5.92 Å². The molecule has 23 heavy (non-hydrogen) atoms. The van der Waals surface area contributed by atoms with E-state index < -0.39 is 0 Å². The zero-order chi connectivity index (χ0) is 15.8.